The van der Waals surface area contributed by atoms with Crippen LogP contribution in [0.2, 0.25) is 0 Å². The molecule has 5 nitrogen and oxygen atoms in total. The smallest absolute Gasteiger partial charge is 0.372 e. The third-order valence-corrected chi connectivity index (χ3v) is 3.24. The number of carboxylic acids is 1. The summed E-state index contributed by atoms with van der Waals surface area (Å²) in [7, 11) is -0.847. The Morgan fingerprint density at radius 3 is 2.76 bits per heavy atom. The topological polar surface area (TPSA) is 79.5 Å². The Balaban J connectivity index is 2.55. The van der Waals surface area contributed by atoms with Gasteiger partial charge in [-0.15, -0.1) is 0 Å². The molecule has 6 heteroatoms. The minimum absolute atomic E-state index is 0.0199. The van der Waals surface area contributed by atoms with E-state index in [1.807, 2.05) is 6.92 Å². The van der Waals surface area contributed by atoms with E-state index in [-0.39, 0.29) is 11.8 Å². The first kappa shape index (κ1) is 13.9. The van der Waals surface area contributed by atoms with Gasteiger partial charge in [-0.1, -0.05) is 0 Å². The van der Waals surface area contributed by atoms with Crippen LogP contribution in [0.5, 0.6) is 0 Å². The molecular formula is C11H17NO4S. The van der Waals surface area contributed by atoms with Crippen LogP contribution in [0.15, 0.2) is 10.5 Å². The van der Waals surface area contributed by atoms with E-state index in [0.29, 0.717) is 23.6 Å². The highest BCUT2D eigenvalue weighted by molar-refractivity contribution is 7.84. The molecule has 0 bridgehead atoms. The fourth-order valence-electron chi connectivity index (χ4n) is 1.53. The molecule has 1 rings (SSSR count). The predicted octanol–water partition coefficient (Wildman–Crippen LogP) is 1.14. The van der Waals surface area contributed by atoms with E-state index in [9.17, 15) is 9.00 Å². The Hall–Kier alpha value is -1.14. The number of aromatic carboxylic acids is 1. The van der Waals surface area contributed by atoms with Gasteiger partial charge in [0.2, 0.25) is 5.76 Å². The van der Waals surface area contributed by atoms with Crippen molar-refractivity contribution in [2.75, 3.05) is 12.0 Å². The van der Waals surface area contributed by atoms with Gasteiger partial charge in [0, 0.05) is 34.4 Å². The van der Waals surface area contributed by atoms with Gasteiger partial charge in [0.25, 0.3) is 0 Å². The van der Waals surface area contributed by atoms with Crippen molar-refractivity contribution in [2.45, 2.75) is 26.4 Å². The number of nitrogens with one attached hydrogen (secondary N) is 1. The number of furan rings is 1. The molecule has 1 aromatic heterocycles. The predicted molar refractivity (Wildman–Crippen MR) is 65.6 cm³/mol. The maximum absolute atomic E-state index is 11.0. The molecule has 2 atom stereocenters. The van der Waals surface area contributed by atoms with E-state index in [2.05, 4.69) is 5.32 Å². The molecule has 0 radical (unpaired) electrons. The van der Waals surface area contributed by atoms with Crippen molar-refractivity contribution in [3.8, 4) is 0 Å². The lowest BCUT2D eigenvalue weighted by Gasteiger charge is -2.10. The van der Waals surface area contributed by atoms with Crippen molar-refractivity contribution in [1.82, 2.24) is 5.32 Å². The fraction of sp³-hybridized carbons (Fsp3) is 0.545. The zero-order valence-corrected chi connectivity index (χ0v) is 11.0. The number of hydrogen-bond acceptors (Lipinski definition) is 4. The lowest BCUT2D eigenvalue weighted by molar-refractivity contribution is 0.0659. The molecule has 96 valence electrons. The molecule has 0 aliphatic rings. The highest BCUT2D eigenvalue weighted by Gasteiger charge is 2.14. The molecule has 2 unspecified atom stereocenters. The first-order chi connectivity index (χ1) is 7.90. The fourth-order valence-corrected chi connectivity index (χ4v) is 2.36. The van der Waals surface area contributed by atoms with Gasteiger partial charge in [-0.2, -0.15) is 0 Å². The van der Waals surface area contributed by atoms with E-state index in [4.69, 9.17) is 9.52 Å². The summed E-state index contributed by atoms with van der Waals surface area (Å²) in [5.41, 5.74) is 0.612. The van der Waals surface area contributed by atoms with Gasteiger partial charge in [-0.25, -0.2) is 4.79 Å². The highest BCUT2D eigenvalue weighted by atomic mass is 32.2. The lowest BCUT2D eigenvalue weighted by atomic mass is 10.2. The minimum Gasteiger partial charge on any atom is -0.475 e. The van der Waals surface area contributed by atoms with E-state index in [1.54, 1.807) is 19.2 Å². The molecule has 0 saturated heterocycles. The van der Waals surface area contributed by atoms with Gasteiger partial charge < -0.3 is 14.8 Å². The molecule has 0 aromatic carbocycles. The lowest BCUT2D eigenvalue weighted by Crippen LogP contribution is -2.30. The second-order valence-electron chi connectivity index (χ2n) is 4.05. The van der Waals surface area contributed by atoms with Crippen LogP contribution >= 0.6 is 0 Å². The van der Waals surface area contributed by atoms with Crippen LogP contribution < -0.4 is 5.32 Å². The Morgan fingerprint density at radius 2 is 2.29 bits per heavy atom. The van der Waals surface area contributed by atoms with Gasteiger partial charge in [-0.3, -0.25) is 4.21 Å². The van der Waals surface area contributed by atoms with Crippen molar-refractivity contribution in [2.24, 2.45) is 0 Å². The summed E-state index contributed by atoms with van der Waals surface area (Å²) < 4.78 is 16.2. The number of carbonyl (C=O) groups is 1. The molecule has 0 spiro atoms. The van der Waals surface area contributed by atoms with Gasteiger partial charge >= 0.3 is 5.97 Å². The normalized spacial score (nSPS) is 14.5. The summed E-state index contributed by atoms with van der Waals surface area (Å²) in [5.74, 6) is 0.0597. The summed E-state index contributed by atoms with van der Waals surface area (Å²) in [6.07, 6.45) is 1.65. The SMILES string of the molecule is Cc1cc(CNC(C)CS(C)=O)oc1C(=O)O. The van der Waals surface area contributed by atoms with Gasteiger partial charge in [0.15, 0.2) is 0 Å². The quantitative estimate of drug-likeness (QED) is 0.801. The van der Waals surface area contributed by atoms with E-state index in [0.717, 1.165) is 0 Å². The van der Waals surface area contributed by atoms with E-state index < -0.39 is 16.8 Å². The molecule has 0 saturated carbocycles. The summed E-state index contributed by atoms with van der Waals surface area (Å²) in [5, 5.41) is 12.0. The third-order valence-electron chi connectivity index (χ3n) is 2.27. The van der Waals surface area contributed by atoms with Crippen molar-refractivity contribution in [1.29, 1.82) is 0 Å². The highest BCUT2D eigenvalue weighted by Crippen LogP contribution is 2.14. The van der Waals surface area contributed by atoms with E-state index >= 15 is 0 Å². The zero-order chi connectivity index (χ0) is 13.0. The van der Waals surface area contributed by atoms with Crippen LogP contribution in [-0.2, 0) is 17.3 Å². The third kappa shape index (κ3) is 4.32. The second-order valence-corrected chi connectivity index (χ2v) is 5.53. The average Bonchev–Trinajstić information content (AvgIpc) is 2.56. The number of carboxylic acid groups (broad SMARTS) is 1. The van der Waals surface area contributed by atoms with Crippen molar-refractivity contribution >= 4 is 16.8 Å². The second kappa shape index (κ2) is 5.97. The summed E-state index contributed by atoms with van der Waals surface area (Å²) in [6, 6.07) is 1.80. The Morgan fingerprint density at radius 1 is 1.65 bits per heavy atom. The largest absolute Gasteiger partial charge is 0.475 e. The molecule has 0 amide bonds. The Kier molecular flexibility index (Phi) is 4.89. The zero-order valence-electron chi connectivity index (χ0n) is 10.1. The Labute approximate surface area is 103 Å². The van der Waals surface area contributed by atoms with Crippen molar-refractivity contribution in [3.05, 3.63) is 23.2 Å². The standard InChI is InChI=1S/C11H17NO4S/c1-7-4-9(16-10(7)11(13)14)5-12-8(2)6-17(3)15/h4,8,12H,5-6H2,1-3H3,(H,13,14). The maximum Gasteiger partial charge on any atom is 0.372 e. The molecule has 17 heavy (non-hydrogen) atoms. The summed E-state index contributed by atoms with van der Waals surface area (Å²) in [4.78, 5) is 10.8. The van der Waals surface area contributed by atoms with Gasteiger partial charge in [0.05, 0.1) is 6.54 Å². The van der Waals surface area contributed by atoms with Crippen LogP contribution in [0.1, 0.15) is 28.8 Å². The number of hydrogen-bond donors (Lipinski definition) is 2. The van der Waals surface area contributed by atoms with Crippen LogP contribution in [0.25, 0.3) is 0 Å². The molecule has 1 heterocycles. The van der Waals surface area contributed by atoms with Crippen LogP contribution in [0.4, 0.5) is 0 Å². The first-order valence-corrected chi connectivity index (χ1v) is 6.99. The molecule has 2 N–H and O–H groups in total. The van der Waals surface area contributed by atoms with E-state index in [1.165, 1.54) is 0 Å². The monoisotopic (exact) mass is 259 g/mol. The molecule has 0 fully saturated rings. The van der Waals surface area contributed by atoms with Crippen molar-refractivity contribution in [3.63, 3.8) is 0 Å². The minimum atomic E-state index is -1.06. The summed E-state index contributed by atoms with van der Waals surface area (Å²) in [6.45, 7) is 4.06. The van der Waals surface area contributed by atoms with Crippen molar-refractivity contribution < 1.29 is 18.5 Å². The van der Waals surface area contributed by atoms with Gasteiger partial charge in [-0.05, 0) is 19.9 Å². The number of rotatable bonds is 6. The van der Waals surface area contributed by atoms with Crippen LogP contribution in [0.3, 0.4) is 0 Å². The maximum atomic E-state index is 11.0. The first-order valence-electron chi connectivity index (χ1n) is 5.26. The van der Waals surface area contributed by atoms with Gasteiger partial charge in [0.1, 0.15) is 5.76 Å². The molecule has 0 aliphatic carbocycles. The molecule has 0 aliphatic heterocycles. The Bertz CT molecular complexity index is 427. The van der Waals surface area contributed by atoms with Crippen LogP contribution in [-0.4, -0.2) is 33.3 Å². The number of aryl methyl sites for hydroxylation is 1. The summed E-state index contributed by atoms with van der Waals surface area (Å²) >= 11 is 0. The van der Waals surface area contributed by atoms with Crippen LogP contribution in [0, 0.1) is 6.92 Å². The average molecular weight is 259 g/mol. The molecule has 1 aromatic rings. The molecular weight excluding hydrogens is 242 g/mol.